The summed E-state index contributed by atoms with van der Waals surface area (Å²) in [4.78, 5) is 0. The van der Waals surface area contributed by atoms with Crippen LogP contribution in [0.25, 0.3) is 0 Å². The summed E-state index contributed by atoms with van der Waals surface area (Å²) >= 11 is 8.51. The molecular weight excluding hydrogens is 254 g/mol. The lowest BCUT2D eigenvalue weighted by Crippen LogP contribution is -2.52. The highest BCUT2D eigenvalue weighted by Crippen LogP contribution is 2.49. The average Bonchev–Trinajstić information content (AvgIpc) is 1.80. The Morgan fingerprint density at radius 2 is 1.36 bits per heavy atom. The molecule has 0 aliphatic rings. The van der Waals surface area contributed by atoms with Gasteiger partial charge < -0.3 is 4.74 Å². The number of rotatable bonds is 4. The Labute approximate surface area is 87.1 Å². The van der Waals surface area contributed by atoms with Crippen LogP contribution in [0.5, 0.6) is 0 Å². The van der Waals surface area contributed by atoms with Crippen LogP contribution in [0, 0.1) is 0 Å². The SMILES string of the molecule is CC(C)OC(F)(Cl)C(F)(F)C(F)(F)Cl. The first kappa shape index (κ1) is 14.2. The molecule has 14 heavy (non-hydrogen) atoms. The summed E-state index contributed by atoms with van der Waals surface area (Å²) in [5.41, 5.74) is 0. The van der Waals surface area contributed by atoms with Gasteiger partial charge in [0.2, 0.25) is 0 Å². The van der Waals surface area contributed by atoms with Crippen molar-refractivity contribution >= 4 is 23.2 Å². The summed E-state index contributed by atoms with van der Waals surface area (Å²) in [6.45, 7) is 2.30. The Kier molecular flexibility index (Phi) is 4.03. The molecule has 0 aromatic carbocycles. The standard InChI is InChI=1S/C6H7Cl2F5O/c1-3(2)14-6(8,13)4(9,10)5(7,11)12/h3H,1-2H3. The average molecular weight is 261 g/mol. The molecule has 0 aliphatic carbocycles. The summed E-state index contributed by atoms with van der Waals surface area (Å²) in [6.07, 6.45) is -1.10. The molecule has 0 aromatic rings. The molecule has 0 saturated carbocycles. The van der Waals surface area contributed by atoms with E-state index >= 15 is 0 Å². The van der Waals surface area contributed by atoms with Crippen molar-refractivity contribution in [2.24, 2.45) is 0 Å². The first-order valence-corrected chi connectivity index (χ1v) is 4.17. The molecular formula is C6H7Cl2F5O. The van der Waals surface area contributed by atoms with E-state index in [2.05, 4.69) is 27.9 Å². The Bertz CT molecular complexity index is 201. The lowest BCUT2D eigenvalue weighted by Gasteiger charge is -2.31. The normalized spacial score (nSPS) is 18.4. The smallest absolute Gasteiger partial charge is 0.326 e. The molecule has 0 radical (unpaired) electrons. The van der Waals surface area contributed by atoms with Crippen molar-refractivity contribution in [3.05, 3.63) is 0 Å². The molecule has 1 atom stereocenters. The maximum Gasteiger partial charge on any atom is 0.396 e. The van der Waals surface area contributed by atoms with Crippen LogP contribution in [0.2, 0.25) is 0 Å². The highest BCUT2D eigenvalue weighted by atomic mass is 35.5. The predicted molar refractivity (Wildman–Crippen MR) is 41.7 cm³/mol. The number of hydrogen-bond donors (Lipinski definition) is 0. The molecule has 86 valence electrons. The quantitative estimate of drug-likeness (QED) is 0.553. The molecule has 1 nitrogen and oxygen atoms in total. The number of ether oxygens (including phenoxy) is 1. The molecule has 0 heterocycles. The molecule has 0 bridgehead atoms. The molecule has 1 unspecified atom stereocenters. The van der Waals surface area contributed by atoms with Crippen LogP contribution in [0.15, 0.2) is 0 Å². The third-order valence-electron chi connectivity index (χ3n) is 1.11. The summed E-state index contributed by atoms with van der Waals surface area (Å²) in [5, 5.41) is -9.47. The van der Waals surface area contributed by atoms with Crippen LogP contribution >= 0.6 is 23.2 Å². The van der Waals surface area contributed by atoms with Gasteiger partial charge in [-0.1, -0.05) is 0 Å². The number of alkyl halides is 7. The van der Waals surface area contributed by atoms with Gasteiger partial charge in [0.15, 0.2) is 0 Å². The van der Waals surface area contributed by atoms with Crippen LogP contribution in [-0.2, 0) is 4.74 Å². The van der Waals surface area contributed by atoms with Gasteiger partial charge >= 0.3 is 16.6 Å². The summed E-state index contributed by atoms with van der Waals surface area (Å²) in [7, 11) is 0. The van der Waals surface area contributed by atoms with E-state index in [0.29, 0.717) is 0 Å². The molecule has 8 heteroatoms. The fourth-order valence-electron chi connectivity index (χ4n) is 0.535. The molecule has 0 amide bonds. The maximum atomic E-state index is 12.8. The minimum atomic E-state index is -5.33. The predicted octanol–water partition coefficient (Wildman–Crippen LogP) is 3.74. The molecule has 0 rings (SSSR count). The van der Waals surface area contributed by atoms with Gasteiger partial charge in [-0.2, -0.15) is 22.0 Å². The highest BCUT2D eigenvalue weighted by Gasteiger charge is 2.71. The van der Waals surface area contributed by atoms with Gasteiger partial charge in [-0.05, 0) is 37.0 Å². The maximum absolute atomic E-state index is 12.8. The van der Waals surface area contributed by atoms with E-state index < -0.39 is 22.7 Å². The monoisotopic (exact) mass is 260 g/mol. The van der Waals surface area contributed by atoms with E-state index in [4.69, 9.17) is 0 Å². The van der Waals surface area contributed by atoms with E-state index in [-0.39, 0.29) is 0 Å². The van der Waals surface area contributed by atoms with Gasteiger partial charge in [0.25, 0.3) is 0 Å². The van der Waals surface area contributed by atoms with Crippen LogP contribution in [-0.4, -0.2) is 22.7 Å². The van der Waals surface area contributed by atoms with Crippen LogP contribution in [0.3, 0.4) is 0 Å². The van der Waals surface area contributed by atoms with E-state index in [1.54, 1.807) is 0 Å². The van der Waals surface area contributed by atoms with Gasteiger partial charge in [0, 0.05) is 0 Å². The van der Waals surface area contributed by atoms with Gasteiger partial charge in [0.05, 0.1) is 6.10 Å². The molecule has 0 aliphatic heterocycles. The second kappa shape index (κ2) is 3.98. The van der Waals surface area contributed by atoms with Crippen molar-refractivity contribution in [2.75, 3.05) is 0 Å². The number of hydrogen-bond acceptors (Lipinski definition) is 1. The van der Waals surface area contributed by atoms with Crippen molar-refractivity contribution < 1.29 is 26.7 Å². The zero-order valence-electron chi connectivity index (χ0n) is 7.13. The molecule has 0 fully saturated rings. The van der Waals surface area contributed by atoms with E-state index in [1.807, 2.05) is 0 Å². The highest BCUT2D eigenvalue weighted by molar-refractivity contribution is 6.26. The van der Waals surface area contributed by atoms with E-state index in [9.17, 15) is 22.0 Å². The van der Waals surface area contributed by atoms with Gasteiger partial charge in [-0.25, -0.2) is 0 Å². The lowest BCUT2D eigenvalue weighted by atomic mass is 10.3. The molecule has 0 N–H and O–H groups in total. The molecule has 0 aromatic heterocycles. The number of halogens is 7. The summed E-state index contributed by atoms with van der Waals surface area (Å²) < 4.78 is 65.9. The second-order valence-corrected chi connectivity index (χ2v) is 3.72. The van der Waals surface area contributed by atoms with Gasteiger partial charge in [-0.15, -0.1) is 0 Å². The van der Waals surface area contributed by atoms with Crippen molar-refractivity contribution in [3.63, 3.8) is 0 Å². The third-order valence-corrected chi connectivity index (χ3v) is 1.67. The first-order valence-electron chi connectivity index (χ1n) is 3.42. The third kappa shape index (κ3) is 2.84. The molecule has 0 saturated heterocycles. The fourth-order valence-corrected chi connectivity index (χ4v) is 1.00. The molecule has 0 spiro atoms. The van der Waals surface area contributed by atoms with Crippen LogP contribution in [0.1, 0.15) is 13.8 Å². The van der Waals surface area contributed by atoms with Crippen LogP contribution < -0.4 is 0 Å². The Morgan fingerprint density at radius 3 is 1.57 bits per heavy atom. The van der Waals surface area contributed by atoms with Gasteiger partial charge in [-0.3, -0.25) is 0 Å². The first-order chi connectivity index (χ1) is 5.92. The summed E-state index contributed by atoms with van der Waals surface area (Å²) in [6, 6.07) is 0. The van der Waals surface area contributed by atoms with E-state index in [0.717, 1.165) is 13.8 Å². The minimum absolute atomic E-state index is 1.10. The minimum Gasteiger partial charge on any atom is -0.326 e. The Morgan fingerprint density at radius 1 is 1.00 bits per heavy atom. The second-order valence-electron chi connectivity index (χ2n) is 2.76. The largest absolute Gasteiger partial charge is 0.396 e. The van der Waals surface area contributed by atoms with Gasteiger partial charge in [0.1, 0.15) is 0 Å². The Hall–Kier alpha value is 0.190. The topological polar surface area (TPSA) is 9.23 Å². The zero-order valence-corrected chi connectivity index (χ0v) is 8.64. The summed E-state index contributed by atoms with van der Waals surface area (Å²) in [5.74, 6) is -5.33. The zero-order chi connectivity index (χ0) is 11.8. The van der Waals surface area contributed by atoms with Crippen molar-refractivity contribution in [1.29, 1.82) is 0 Å². The Balaban J connectivity index is 4.88. The van der Waals surface area contributed by atoms with Crippen LogP contribution in [0.4, 0.5) is 22.0 Å². The van der Waals surface area contributed by atoms with Crippen molar-refractivity contribution in [2.45, 2.75) is 36.6 Å². The van der Waals surface area contributed by atoms with E-state index in [1.165, 1.54) is 0 Å². The fraction of sp³-hybridized carbons (Fsp3) is 1.00. The van der Waals surface area contributed by atoms with Crippen molar-refractivity contribution in [3.8, 4) is 0 Å². The van der Waals surface area contributed by atoms with Crippen molar-refractivity contribution in [1.82, 2.24) is 0 Å². The lowest BCUT2D eigenvalue weighted by molar-refractivity contribution is -0.295.